The van der Waals surface area contributed by atoms with Gasteiger partial charge in [0.2, 0.25) is 5.91 Å². The molecule has 0 radical (unpaired) electrons. The quantitative estimate of drug-likeness (QED) is 0.814. The smallest absolute Gasteiger partial charge is 0.325 e. The highest BCUT2D eigenvalue weighted by molar-refractivity contribution is 5.87. The molecule has 5 heteroatoms. The summed E-state index contributed by atoms with van der Waals surface area (Å²) in [6.45, 7) is 1.44. The molecule has 0 saturated carbocycles. The number of hydrogen-bond acceptors (Lipinski definition) is 3. The van der Waals surface area contributed by atoms with Crippen LogP contribution < -0.4 is 5.32 Å². The number of benzene rings is 1. The summed E-state index contributed by atoms with van der Waals surface area (Å²) in [5.41, 5.74) is 0.831. The first-order valence-corrected chi connectivity index (χ1v) is 5.68. The van der Waals surface area contributed by atoms with Gasteiger partial charge in [-0.15, -0.1) is 0 Å². The predicted octanol–water partition coefficient (Wildman–Crippen LogP) is 0.879. The number of nitrogens with one attached hydrogen (secondary N) is 1. The largest absolute Gasteiger partial charge is 0.480 e. The van der Waals surface area contributed by atoms with Crippen molar-refractivity contribution < 1.29 is 14.7 Å². The SMILES string of the molecule is C[C@@H](NC(=O)C(c1ccccc1)N(C)C)C(=O)O. The molecular weight excluding hydrogens is 232 g/mol. The van der Waals surface area contributed by atoms with Crippen molar-refractivity contribution in [3.63, 3.8) is 0 Å². The number of amides is 1. The number of carboxylic acids is 1. The van der Waals surface area contributed by atoms with Gasteiger partial charge in [0.25, 0.3) is 0 Å². The maximum absolute atomic E-state index is 12.1. The maximum Gasteiger partial charge on any atom is 0.325 e. The molecule has 0 aliphatic carbocycles. The first kappa shape index (κ1) is 14.2. The molecule has 18 heavy (non-hydrogen) atoms. The average molecular weight is 250 g/mol. The van der Waals surface area contributed by atoms with Gasteiger partial charge in [-0.2, -0.15) is 0 Å². The van der Waals surface area contributed by atoms with E-state index in [9.17, 15) is 9.59 Å². The molecule has 0 heterocycles. The molecule has 0 spiro atoms. The van der Waals surface area contributed by atoms with Crippen LogP contribution >= 0.6 is 0 Å². The average Bonchev–Trinajstić information content (AvgIpc) is 2.29. The van der Waals surface area contributed by atoms with E-state index in [0.717, 1.165) is 5.56 Å². The lowest BCUT2D eigenvalue weighted by atomic mass is 10.1. The van der Waals surface area contributed by atoms with Gasteiger partial charge in [0, 0.05) is 0 Å². The van der Waals surface area contributed by atoms with E-state index >= 15 is 0 Å². The summed E-state index contributed by atoms with van der Waals surface area (Å²) >= 11 is 0. The zero-order valence-corrected chi connectivity index (χ0v) is 10.8. The van der Waals surface area contributed by atoms with Crippen molar-refractivity contribution in [2.75, 3.05) is 14.1 Å². The lowest BCUT2D eigenvalue weighted by Crippen LogP contribution is -2.44. The third-order valence-corrected chi connectivity index (χ3v) is 2.61. The number of carbonyl (C=O) groups excluding carboxylic acids is 1. The number of aliphatic carboxylic acids is 1. The minimum Gasteiger partial charge on any atom is -0.480 e. The van der Waals surface area contributed by atoms with E-state index < -0.39 is 18.1 Å². The summed E-state index contributed by atoms with van der Waals surface area (Å²) in [5.74, 6) is -1.37. The fraction of sp³-hybridized carbons (Fsp3) is 0.385. The Kier molecular flexibility index (Phi) is 4.85. The van der Waals surface area contributed by atoms with E-state index in [-0.39, 0.29) is 5.91 Å². The molecule has 1 aromatic rings. The van der Waals surface area contributed by atoms with Crippen LogP contribution in [0.1, 0.15) is 18.5 Å². The molecule has 0 aliphatic heterocycles. The summed E-state index contributed by atoms with van der Waals surface area (Å²) in [6.07, 6.45) is 0. The van der Waals surface area contributed by atoms with Gasteiger partial charge in [-0.25, -0.2) is 0 Å². The molecule has 5 nitrogen and oxygen atoms in total. The van der Waals surface area contributed by atoms with E-state index in [4.69, 9.17) is 5.11 Å². The Morgan fingerprint density at radius 2 is 1.78 bits per heavy atom. The highest BCUT2D eigenvalue weighted by Crippen LogP contribution is 2.18. The van der Waals surface area contributed by atoms with Crippen LogP contribution in [0.2, 0.25) is 0 Å². The normalized spacial score (nSPS) is 14.0. The van der Waals surface area contributed by atoms with Gasteiger partial charge in [-0.05, 0) is 26.6 Å². The number of rotatable bonds is 5. The van der Waals surface area contributed by atoms with Gasteiger partial charge in [0.1, 0.15) is 12.1 Å². The number of nitrogens with zero attached hydrogens (tertiary/aromatic N) is 1. The van der Waals surface area contributed by atoms with Gasteiger partial charge in [0.05, 0.1) is 0 Å². The third-order valence-electron chi connectivity index (χ3n) is 2.61. The van der Waals surface area contributed by atoms with Gasteiger partial charge in [-0.3, -0.25) is 14.5 Å². The Morgan fingerprint density at radius 3 is 2.22 bits per heavy atom. The Balaban J connectivity index is 2.87. The Bertz CT molecular complexity index is 418. The first-order valence-electron chi connectivity index (χ1n) is 5.68. The highest BCUT2D eigenvalue weighted by Gasteiger charge is 2.25. The van der Waals surface area contributed by atoms with Crippen LogP contribution in [-0.2, 0) is 9.59 Å². The van der Waals surface area contributed by atoms with Crippen molar-refractivity contribution >= 4 is 11.9 Å². The Hall–Kier alpha value is -1.88. The summed E-state index contributed by atoms with van der Waals surface area (Å²) in [4.78, 5) is 24.6. The second-order valence-corrected chi connectivity index (χ2v) is 4.35. The van der Waals surface area contributed by atoms with Crippen LogP contribution in [0, 0.1) is 0 Å². The summed E-state index contributed by atoms with van der Waals surface area (Å²) in [6, 6.07) is 7.86. The van der Waals surface area contributed by atoms with E-state index in [1.54, 1.807) is 19.0 Å². The molecule has 0 aromatic heterocycles. The second-order valence-electron chi connectivity index (χ2n) is 4.35. The third kappa shape index (κ3) is 3.56. The van der Waals surface area contributed by atoms with Crippen molar-refractivity contribution in [3.8, 4) is 0 Å². The van der Waals surface area contributed by atoms with Gasteiger partial charge >= 0.3 is 5.97 Å². The minimum absolute atomic E-state index is 0.318. The summed E-state index contributed by atoms with van der Waals surface area (Å²) < 4.78 is 0. The molecular formula is C13H18N2O3. The summed E-state index contributed by atoms with van der Waals surface area (Å²) in [7, 11) is 3.56. The van der Waals surface area contributed by atoms with Crippen molar-refractivity contribution in [1.29, 1.82) is 0 Å². The molecule has 98 valence electrons. The van der Waals surface area contributed by atoms with Gasteiger partial charge in [0.15, 0.2) is 0 Å². The lowest BCUT2D eigenvalue weighted by Gasteiger charge is -2.24. The highest BCUT2D eigenvalue weighted by atomic mass is 16.4. The van der Waals surface area contributed by atoms with Crippen LogP contribution in [0.5, 0.6) is 0 Å². The van der Waals surface area contributed by atoms with Crippen molar-refractivity contribution in [2.24, 2.45) is 0 Å². The van der Waals surface area contributed by atoms with Crippen LogP contribution in [0.4, 0.5) is 0 Å². The van der Waals surface area contributed by atoms with E-state index in [0.29, 0.717) is 0 Å². The van der Waals surface area contributed by atoms with Crippen LogP contribution in [0.3, 0.4) is 0 Å². The monoisotopic (exact) mass is 250 g/mol. The zero-order valence-electron chi connectivity index (χ0n) is 10.8. The van der Waals surface area contributed by atoms with Crippen LogP contribution in [-0.4, -0.2) is 42.0 Å². The Morgan fingerprint density at radius 1 is 1.22 bits per heavy atom. The zero-order chi connectivity index (χ0) is 13.7. The molecule has 1 unspecified atom stereocenters. The first-order chi connectivity index (χ1) is 8.43. The lowest BCUT2D eigenvalue weighted by molar-refractivity contribution is -0.142. The molecule has 0 bridgehead atoms. The molecule has 0 aliphatic rings. The topological polar surface area (TPSA) is 69.6 Å². The predicted molar refractivity (Wildman–Crippen MR) is 68.1 cm³/mol. The molecule has 0 fully saturated rings. The van der Waals surface area contributed by atoms with Crippen LogP contribution in [0.15, 0.2) is 30.3 Å². The molecule has 1 aromatic carbocycles. The van der Waals surface area contributed by atoms with E-state index in [1.165, 1.54) is 6.92 Å². The standard InChI is InChI=1S/C13H18N2O3/c1-9(13(17)18)14-12(16)11(15(2)3)10-7-5-4-6-8-10/h4-9,11H,1-3H3,(H,14,16)(H,17,18)/t9-,11?/m1/s1. The number of carboxylic acid groups (broad SMARTS) is 1. The number of hydrogen-bond donors (Lipinski definition) is 2. The van der Waals surface area contributed by atoms with Crippen LogP contribution in [0.25, 0.3) is 0 Å². The van der Waals surface area contributed by atoms with Crippen molar-refractivity contribution in [1.82, 2.24) is 10.2 Å². The number of likely N-dealkylation sites (N-methyl/N-ethyl adjacent to an activating group) is 1. The summed E-state index contributed by atoms with van der Waals surface area (Å²) in [5, 5.41) is 11.3. The number of carbonyl (C=O) groups is 2. The molecule has 1 amide bonds. The van der Waals surface area contributed by atoms with Gasteiger partial charge in [-0.1, -0.05) is 30.3 Å². The van der Waals surface area contributed by atoms with E-state index in [1.807, 2.05) is 30.3 Å². The molecule has 2 N–H and O–H groups in total. The fourth-order valence-electron chi connectivity index (χ4n) is 1.67. The van der Waals surface area contributed by atoms with Crippen molar-refractivity contribution in [3.05, 3.63) is 35.9 Å². The van der Waals surface area contributed by atoms with Crippen molar-refractivity contribution in [2.45, 2.75) is 19.0 Å². The van der Waals surface area contributed by atoms with Gasteiger partial charge < -0.3 is 10.4 Å². The maximum atomic E-state index is 12.1. The molecule has 1 rings (SSSR count). The second kappa shape index (κ2) is 6.16. The fourth-order valence-corrected chi connectivity index (χ4v) is 1.67. The van der Waals surface area contributed by atoms with E-state index in [2.05, 4.69) is 5.32 Å². The molecule has 0 saturated heterocycles. The minimum atomic E-state index is -1.05. The molecule has 2 atom stereocenters. The Labute approximate surface area is 106 Å².